The molecular formula is C26H26O5. The van der Waals surface area contributed by atoms with Crippen molar-refractivity contribution in [3.63, 3.8) is 0 Å². The molecule has 0 saturated carbocycles. The van der Waals surface area contributed by atoms with Crippen molar-refractivity contribution < 1.29 is 23.7 Å². The number of esters is 1. The van der Waals surface area contributed by atoms with Crippen LogP contribution in [0.5, 0.6) is 0 Å². The average molecular weight is 418 g/mol. The van der Waals surface area contributed by atoms with Gasteiger partial charge >= 0.3 is 5.97 Å². The Balaban J connectivity index is 1.47. The summed E-state index contributed by atoms with van der Waals surface area (Å²) in [6.07, 6.45) is -1.87. The van der Waals surface area contributed by atoms with Crippen molar-refractivity contribution >= 4 is 5.97 Å². The average Bonchev–Trinajstić information content (AvgIpc) is 2.83. The lowest BCUT2D eigenvalue weighted by atomic mass is 10.0. The van der Waals surface area contributed by atoms with E-state index in [0.29, 0.717) is 13.2 Å². The number of rotatable bonds is 9. The molecule has 31 heavy (non-hydrogen) atoms. The van der Waals surface area contributed by atoms with Gasteiger partial charge in [-0.15, -0.1) is 0 Å². The van der Waals surface area contributed by atoms with Crippen molar-refractivity contribution in [2.45, 2.75) is 38.1 Å². The normalized spacial score (nSPS) is 20.9. The lowest BCUT2D eigenvalue weighted by Gasteiger charge is -2.36. The SMILES string of the molecule is O=C1OC[C@H](OCc2ccccc2)[C@@H](OCc2ccccc2)[C@@H]1OCc1ccccc1. The molecule has 1 fully saturated rings. The van der Waals surface area contributed by atoms with Crippen LogP contribution < -0.4 is 0 Å². The van der Waals surface area contributed by atoms with Crippen LogP contribution in [0.1, 0.15) is 16.7 Å². The highest BCUT2D eigenvalue weighted by molar-refractivity contribution is 5.76. The number of carbonyl (C=O) groups is 1. The summed E-state index contributed by atoms with van der Waals surface area (Å²) in [7, 11) is 0. The first-order chi connectivity index (χ1) is 15.3. The zero-order valence-electron chi connectivity index (χ0n) is 17.3. The molecule has 160 valence electrons. The molecular weight excluding hydrogens is 392 g/mol. The highest BCUT2D eigenvalue weighted by atomic mass is 16.6. The molecule has 1 heterocycles. The number of benzene rings is 3. The van der Waals surface area contributed by atoms with E-state index in [1.54, 1.807) is 0 Å². The van der Waals surface area contributed by atoms with Gasteiger partial charge in [-0.2, -0.15) is 0 Å². The van der Waals surface area contributed by atoms with Gasteiger partial charge in [0.25, 0.3) is 0 Å². The molecule has 0 aliphatic carbocycles. The molecule has 0 spiro atoms. The van der Waals surface area contributed by atoms with Crippen molar-refractivity contribution in [1.82, 2.24) is 0 Å². The maximum Gasteiger partial charge on any atom is 0.338 e. The first-order valence-electron chi connectivity index (χ1n) is 10.4. The van der Waals surface area contributed by atoms with Gasteiger partial charge in [0.2, 0.25) is 0 Å². The maximum atomic E-state index is 12.6. The minimum Gasteiger partial charge on any atom is -0.461 e. The van der Waals surface area contributed by atoms with Crippen molar-refractivity contribution in [1.29, 1.82) is 0 Å². The molecule has 0 amide bonds. The fourth-order valence-electron chi connectivity index (χ4n) is 3.48. The molecule has 0 radical (unpaired) electrons. The van der Waals surface area contributed by atoms with E-state index in [0.717, 1.165) is 16.7 Å². The smallest absolute Gasteiger partial charge is 0.338 e. The predicted molar refractivity (Wildman–Crippen MR) is 116 cm³/mol. The van der Waals surface area contributed by atoms with Crippen molar-refractivity contribution in [3.8, 4) is 0 Å². The molecule has 3 aromatic carbocycles. The molecule has 0 N–H and O–H groups in total. The van der Waals surface area contributed by atoms with E-state index in [1.807, 2.05) is 91.0 Å². The summed E-state index contributed by atoms with van der Waals surface area (Å²) >= 11 is 0. The van der Waals surface area contributed by atoms with E-state index in [9.17, 15) is 4.79 Å². The van der Waals surface area contributed by atoms with Crippen LogP contribution in [0.2, 0.25) is 0 Å². The molecule has 0 unspecified atom stereocenters. The fraction of sp³-hybridized carbons (Fsp3) is 0.269. The van der Waals surface area contributed by atoms with Crippen LogP contribution in [0.15, 0.2) is 91.0 Å². The second-order valence-electron chi connectivity index (χ2n) is 7.44. The monoisotopic (exact) mass is 418 g/mol. The molecule has 4 rings (SSSR count). The summed E-state index contributed by atoms with van der Waals surface area (Å²) in [5.41, 5.74) is 3.04. The third-order valence-corrected chi connectivity index (χ3v) is 5.15. The zero-order chi connectivity index (χ0) is 21.3. The van der Waals surface area contributed by atoms with Crippen LogP contribution in [0, 0.1) is 0 Å². The largest absolute Gasteiger partial charge is 0.461 e. The second-order valence-corrected chi connectivity index (χ2v) is 7.44. The molecule has 1 saturated heterocycles. The van der Waals surface area contributed by atoms with Crippen molar-refractivity contribution in [2.24, 2.45) is 0 Å². The minimum absolute atomic E-state index is 0.135. The Labute approximate surface area is 182 Å². The highest BCUT2D eigenvalue weighted by Gasteiger charge is 2.43. The predicted octanol–water partition coefficient (Wildman–Crippen LogP) is 4.30. The first-order valence-corrected chi connectivity index (χ1v) is 10.4. The van der Waals surface area contributed by atoms with E-state index in [4.69, 9.17) is 18.9 Å². The van der Waals surface area contributed by atoms with Crippen LogP contribution in [-0.2, 0) is 43.6 Å². The Kier molecular flexibility index (Phi) is 7.45. The van der Waals surface area contributed by atoms with Gasteiger partial charge in [0.1, 0.15) is 18.8 Å². The molecule has 1 aliphatic rings. The third-order valence-electron chi connectivity index (χ3n) is 5.15. The molecule has 5 heteroatoms. The van der Waals surface area contributed by atoms with Gasteiger partial charge < -0.3 is 18.9 Å². The lowest BCUT2D eigenvalue weighted by molar-refractivity contribution is -0.215. The zero-order valence-corrected chi connectivity index (χ0v) is 17.3. The van der Waals surface area contributed by atoms with Gasteiger partial charge in [0.05, 0.1) is 19.8 Å². The molecule has 3 aromatic rings. The summed E-state index contributed by atoms with van der Waals surface area (Å²) in [5, 5.41) is 0. The van der Waals surface area contributed by atoms with E-state index in [1.165, 1.54) is 0 Å². The first kappa shape index (κ1) is 21.2. The number of cyclic esters (lactones) is 1. The van der Waals surface area contributed by atoms with Crippen LogP contribution >= 0.6 is 0 Å². The van der Waals surface area contributed by atoms with Crippen molar-refractivity contribution in [2.75, 3.05) is 6.61 Å². The van der Waals surface area contributed by atoms with Crippen LogP contribution in [0.4, 0.5) is 0 Å². The quantitative estimate of drug-likeness (QED) is 0.485. The maximum absolute atomic E-state index is 12.6. The van der Waals surface area contributed by atoms with Crippen LogP contribution in [0.3, 0.4) is 0 Å². The molecule has 0 bridgehead atoms. The van der Waals surface area contributed by atoms with Gasteiger partial charge in [-0.25, -0.2) is 4.79 Å². The Bertz CT molecular complexity index is 930. The standard InChI is InChI=1S/C26H26O5/c27-26-25(30-18-22-14-8-3-9-15-22)24(29-17-21-12-6-2-7-13-21)23(19-31-26)28-16-20-10-4-1-5-11-20/h1-15,23-25H,16-19H2/t23-,24+,25-/m0/s1. The minimum atomic E-state index is -0.863. The Morgan fingerprint density at radius 2 is 1.10 bits per heavy atom. The fourth-order valence-corrected chi connectivity index (χ4v) is 3.48. The summed E-state index contributed by atoms with van der Waals surface area (Å²) in [4.78, 5) is 12.6. The Morgan fingerprint density at radius 3 is 1.61 bits per heavy atom. The number of hydrogen-bond donors (Lipinski definition) is 0. The highest BCUT2D eigenvalue weighted by Crippen LogP contribution is 2.23. The van der Waals surface area contributed by atoms with E-state index in [2.05, 4.69) is 0 Å². The summed E-state index contributed by atoms with van der Waals surface area (Å²) in [6.45, 7) is 1.18. The Hall–Kier alpha value is -2.99. The van der Waals surface area contributed by atoms with Crippen LogP contribution in [-0.4, -0.2) is 30.9 Å². The van der Waals surface area contributed by atoms with Crippen LogP contribution in [0.25, 0.3) is 0 Å². The van der Waals surface area contributed by atoms with Gasteiger partial charge in [0.15, 0.2) is 6.10 Å². The third kappa shape index (κ3) is 6.01. The second kappa shape index (κ2) is 10.9. The summed E-state index contributed by atoms with van der Waals surface area (Å²) in [5.74, 6) is -0.423. The lowest BCUT2D eigenvalue weighted by Crippen LogP contribution is -2.54. The summed E-state index contributed by atoms with van der Waals surface area (Å²) in [6, 6.07) is 29.5. The van der Waals surface area contributed by atoms with Gasteiger partial charge in [-0.1, -0.05) is 91.0 Å². The van der Waals surface area contributed by atoms with Crippen molar-refractivity contribution in [3.05, 3.63) is 108 Å². The number of ether oxygens (including phenoxy) is 4. The Morgan fingerprint density at radius 1 is 0.645 bits per heavy atom. The molecule has 5 nitrogen and oxygen atoms in total. The summed E-state index contributed by atoms with van der Waals surface area (Å²) < 4.78 is 23.7. The molecule has 3 atom stereocenters. The topological polar surface area (TPSA) is 54.0 Å². The van der Waals surface area contributed by atoms with Gasteiger partial charge in [-0.05, 0) is 16.7 Å². The molecule has 1 aliphatic heterocycles. The van der Waals surface area contributed by atoms with E-state index < -0.39 is 24.3 Å². The number of hydrogen-bond acceptors (Lipinski definition) is 5. The van der Waals surface area contributed by atoms with Gasteiger partial charge in [0, 0.05) is 0 Å². The van der Waals surface area contributed by atoms with E-state index in [-0.39, 0.29) is 13.2 Å². The van der Waals surface area contributed by atoms with Gasteiger partial charge in [-0.3, -0.25) is 0 Å². The molecule has 0 aromatic heterocycles. The number of carbonyl (C=O) groups excluding carboxylic acids is 1. The van der Waals surface area contributed by atoms with E-state index >= 15 is 0 Å².